The van der Waals surface area contributed by atoms with Crippen LogP contribution < -0.4 is 5.73 Å². The standard InChI is InChI=1S/C14H19N/c1-14(2)12(13(14)15)11-7-5-10(6-8-11)9-3-4-9/h5-9,12-13H,3-4,15H2,1-2H3/t12-,13-/m0/s1. The largest absolute Gasteiger partial charge is 0.327 e. The molecule has 0 bridgehead atoms. The summed E-state index contributed by atoms with van der Waals surface area (Å²) in [6, 6.07) is 9.52. The molecule has 1 heteroatoms. The van der Waals surface area contributed by atoms with Crippen molar-refractivity contribution in [3.63, 3.8) is 0 Å². The molecule has 2 atom stereocenters. The average molecular weight is 201 g/mol. The van der Waals surface area contributed by atoms with E-state index in [0.717, 1.165) is 5.92 Å². The first-order valence-electron chi connectivity index (χ1n) is 5.96. The lowest BCUT2D eigenvalue weighted by Gasteiger charge is -2.04. The normalized spacial score (nSPS) is 32.7. The van der Waals surface area contributed by atoms with Gasteiger partial charge in [0, 0.05) is 12.0 Å². The van der Waals surface area contributed by atoms with Gasteiger partial charge >= 0.3 is 0 Å². The SMILES string of the molecule is CC1(C)[C@@H](N)[C@@H]1c1ccc(C2CC2)cc1. The fourth-order valence-electron chi connectivity index (χ4n) is 2.71. The predicted molar refractivity (Wildman–Crippen MR) is 62.9 cm³/mol. The summed E-state index contributed by atoms with van der Waals surface area (Å²) in [5, 5.41) is 0. The van der Waals surface area contributed by atoms with Crippen LogP contribution in [0.1, 0.15) is 49.7 Å². The molecule has 0 saturated heterocycles. The van der Waals surface area contributed by atoms with Crippen molar-refractivity contribution in [3.05, 3.63) is 35.4 Å². The fraction of sp³-hybridized carbons (Fsp3) is 0.571. The Morgan fingerprint density at radius 3 is 1.93 bits per heavy atom. The van der Waals surface area contributed by atoms with Crippen molar-refractivity contribution in [1.29, 1.82) is 0 Å². The van der Waals surface area contributed by atoms with Crippen LogP contribution in [0.15, 0.2) is 24.3 Å². The van der Waals surface area contributed by atoms with Gasteiger partial charge in [0.15, 0.2) is 0 Å². The highest BCUT2D eigenvalue weighted by Crippen LogP contribution is 2.57. The van der Waals surface area contributed by atoms with Gasteiger partial charge in [0.25, 0.3) is 0 Å². The Balaban J connectivity index is 1.82. The molecule has 15 heavy (non-hydrogen) atoms. The lowest BCUT2D eigenvalue weighted by Crippen LogP contribution is -2.06. The van der Waals surface area contributed by atoms with E-state index in [1.807, 2.05) is 0 Å². The lowest BCUT2D eigenvalue weighted by molar-refractivity contribution is 0.599. The van der Waals surface area contributed by atoms with Crippen LogP contribution >= 0.6 is 0 Å². The topological polar surface area (TPSA) is 26.0 Å². The zero-order valence-corrected chi connectivity index (χ0v) is 9.53. The summed E-state index contributed by atoms with van der Waals surface area (Å²) in [6.07, 6.45) is 2.77. The Morgan fingerprint density at radius 2 is 1.53 bits per heavy atom. The molecule has 2 saturated carbocycles. The molecular formula is C14H19N. The third-order valence-corrected chi connectivity index (χ3v) is 4.26. The summed E-state index contributed by atoms with van der Waals surface area (Å²) in [6.45, 7) is 4.52. The first-order valence-corrected chi connectivity index (χ1v) is 5.96. The molecule has 0 aliphatic heterocycles. The summed E-state index contributed by atoms with van der Waals surface area (Å²) >= 11 is 0. The second-order valence-electron chi connectivity index (χ2n) is 5.77. The molecule has 1 aromatic carbocycles. The first kappa shape index (κ1) is 9.41. The Labute approximate surface area is 91.7 Å². The molecule has 3 rings (SSSR count). The van der Waals surface area contributed by atoms with E-state index in [4.69, 9.17) is 5.73 Å². The van der Waals surface area contributed by atoms with E-state index in [1.165, 1.54) is 24.0 Å². The summed E-state index contributed by atoms with van der Waals surface area (Å²) in [4.78, 5) is 0. The van der Waals surface area contributed by atoms with Crippen molar-refractivity contribution < 1.29 is 0 Å². The molecule has 80 valence electrons. The van der Waals surface area contributed by atoms with Crippen molar-refractivity contribution in [3.8, 4) is 0 Å². The lowest BCUT2D eigenvalue weighted by atomic mass is 10.0. The number of rotatable bonds is 2. The van der Waals surface area contributed by atoms with Crippen LogP contribution in [0.3, 0.4) is 0 Å². The van der Waals surface area contributed by atoms with Gasteiger partial charge < -0.3 is 5.73 Å². The molecular weight excluding hydrogens is 182 g/mol. The van der Waals surface area contributed by atoms with E-state index in [9.17, 15) is 0 Å². The van der Waals surface area contributed by atoms with Crippen LogP contribution in [0.2, 0.25) is 0 Å². The van der Waals surface area contributed by atoms with Crippen molar-refractivity contribution in [2.75, 3.05) is 0 Å². The third-order valence-electron chi connectivity index (χ3n) is 4.26. The van der Waals surface area contributed by atoms with Crippen molar-refractivity contribution in [2.45, 2.75) is 44.6 Å². The van der Waals surface area contributed by atoms with Crippen LogP contribution in [0, 0.1) is 5.41 Å². The molecule has 0 aromatic heterocycles. The smallest absolute Gasteiger partial charge is 0.0172 e. The Kier molecular flexibility index (Phi) is 1.79. The molecule has 2 aliphatic carbocycles. The van der Waals surface area contributed by atoms with Gasteiger partial charge in [-0.15, -0.1) is 0 Å². The van der Waals surface area contributed by atoms with Crippen LogP contribution in [0.4, 0.5) is 0 Å². The van der Waals surface area contributed by atoms with Crippen LogP contribution in [-0.2, 0) is 0 Å². The van der Waals surface area contributed by atoms with Crippen molar-refractivity contribution in [2.24, 2.45) is 11.1 Å². The Bertz CT molecular complexity index is 373. The number of hydrogen-bond acceptors (Lipinski definition) is 1. The van der Waals surface area contributed by atoms with E-state index < -0.39 is 0 Å². The molecule has 1 aromatic rings. The second kappa shape index (κ2) is 2.85. The molecule has 2 N–H and O–H groups in total. The quantitative estimate of drug-likeness (QED) is 0.782. The Morgan fingerprint density at radius 1 is 1.07 bits per heavy atom. The van der Waals surface area contributed by atoms with E-state index in [1.54, 1.807) is 0 Å². The highest BCUT2D eigenvalue weighted by molar-refractivity contribution is 5.37. The van der Waals surface area contributed by atoms with E-state index >= 15 is 0 Å². The van der Waals surface area contributed by atoms with E-state index in [0.29, 0.717) is 17.4 Å². The third kappa shape index (κ3) is 1.41. The number of nitrogens with two attached hydrogens (primary N) is 1. The summed E-state index contributed by atoms with van der Waals surface area (Å²) in [5.74, 6) is 1.44. The highest BCUT2D eigenvalue weighted by atomic mass is 14.8. The minimum absolute atomic E-state index is 0.307. The summed E-state index contributed by atoms with van der Waals surface area (Å²) in [5.41, 5.74) is 9.34. The minimum atomic E-state index is 0.307. The molecule has 0 unspecified atom stereocenters. The number of benzene rings is 1. The first-order chi connectivity index (χ1) is 7.10. The van der Waals surface area contributed by atoms with Gasteiger partial charge in [-0.3, -0.25) is 0 Å². The Hall–Kier alpha value is -0.820. The predicted octanol–water partition coefficient (Wildman–Crippen LogP) is 3.01. The molecule has 1 nitrogen and oxygen atoms in total. The fourth-order valence-corrected chi connectivity index (χ4v) is 2.71. The number of hydrogen-bond donors (Lipinski definition) is 1. The summed E-state index contributed by atoms with van der Waals surface area (Å²) < 4.78 is 0. The van der Waals surface area contributed by atoms with Crippen molar-refractivity contribution in [1.82, 2.24) is 0 Å². The second-order valence-corrected chi connectivity index (χ2v) is 5.77. The van der Waals surface area contributed by atoms with Crippen LogP contribution in [0.25, 0.3) is 0 Å². The molecule has 2 fully saturated rings. The van der Waals surface area contributed by atoms with Crippen LogP contribution in [0.5, 0.6) is 0 Å². The molecule has 0 heterocycles. The van der Waals surface area contributed by atoms with Gasteiger partial charge in [0.2, 0.25) is 0 Å². The van der Waals surface area contributed by atoms with Crippen molar-refractivity contribution >= 4 is 0 Å². The minimum Gasteiger partial charge on any atom is -0.327 e. The molecule has 0 radical (unpaired) electrons. The monoisotopic (exact) mass is 201 g/mol. The van der Waals surface area contributed by atoms with E-state index in [-0.39, 0.29) is 0 Å². The average Bonchev–Trinajstić information content (AvgIpc) is 3.08. The molecule has 0 amide bonds. The zero-order valence-electron chi connectivity index (χ0n) is 9.53. The van der Waals surface area contributed by atoms with Gasteiger partial charge in [-0.05, 0) is 35.3 Å². The molecule has 2 aliphatic rings. The maximum atomic E-state index is 6.09. The van der Waals surface area contributed by atoms with Crippen LogP contribution in [-0.4, -0.2) is 6.04 Å². The summed E-state index contributed by atoms with van der Waals surface area (Å²) in [7, 11) is 0. The van der Waals surface area contributed by atoms with Gasteiger partial charge in [0.1, 0.15) is 0 Å². The molecule has 0 spiro atoms. The maximum Gasteiger partial charge on any atom is 0.0172 e. The highest BCUT2D eigenvalue weighted by Gasteiger charge is 2.55. The van der Waals surface area contributed by atoms with Gasteiger partial charge in [-0.2, -0.15) is 0 Å². The zero-order chi connectivity index (χ0) is 10.6. The van der Waals surface area contributed by atoms with Gasteiger partial charge in [0.05, 0.1) is 0 Å². The maximum absolute atomic E-state index is 6.09. The van der Waals surface area contributed by atoms with Gasteiger partial charge in [-0.25, -0.2) is 0 Å². The van der Waals surface area contributed by atoms with E-state index in [2.05, 4.69) is 38.1 Å². The van der Waals surface area contributed by atoms with Gasteiger partial charge in [-0.1, -0.05) is 38.1 Å².